The van der Waals surface area contributed by atoms with Gasteiger partial charge in [0.2, 0.25) is 17.7 Å². The van der Waals surface area contributed by atoms with Crippen LogP contribution in [-0.2, 0) is 20.8 Å². The largest absolute Gasteiger partial charge is 0.493 e. The molecule has 0 aliphatic carbocycles. The summed E-state index contributed by atoms with van der Waals surface area (Å²) >= 11 is 0. The van der Waals surface area contributed by atoms with Crippen LogP contribution in [0.4, 0.5) is 0 Å². The van der Waals surface area contributed by atoms with E-state index in [1.807, 2.05) is 36.4 Å². The van der Waals surface area contributed by atoms with Crippen LogP contribution in [0.5, 0.6) is 5.75 Å². The summed E-state index contributed by atoms with van der Waals surface area (Å²) in [4.78, 5) is 51.7. The number of carbonyl (C=O) groups is 4. The average molecular weight is 610 g/mol. The molecule has 1 fully saturated rings. The van der Waals surface area contributed by atoms with Crippen LogP contribution in [-0.4, -0.2) is 72.6 Å². The van der Waals surface area contributed by atoms with Crippen molar-refractivity contribution in [3.05, 3.63) is 65.2 Å². The second-order valence-electron chi connectivity index (χ2n) is 10.9. The Morgan fingerprint density at radius 2 is 1.80 bits per heavy atom. The van der Waals surface area contributed by atoms with Crippen LogP contribution < -0.4 is 37.9 Å². The summed E-state index contributed by atoms with van der Waals surface area (Å²) in [6, 6.07) is 12.3. The minimum Gasteiger partial charge on any atom is -0.493 e. The van der Waals surface area contributed by atoms with Crippen molar-refractivity contribution < 1.29 is 29.0 Å². The average Bonchev–Trinajstić information content (AvgIpc) is 3.54. The maximum atomic E-state index is 12.9. The standard InChI is InChI=1S/C20H30N6O4.C11H13NO2/c21-20(22)24-11-5-9-15(19(29)30)25-18(28)16(12-13-6-2-1-3-7-13)26-17(27)14-8-4-10-23-14;1-7-4-5-14-10-6-8(11(12)13)2-3-9(7)10/h1-3,6-7,14-16,23H,4-5,8-12H2,(H,25,28)(H,26,27)(H,29,30)(H4,21,22,24);2-3,6-7H,4-5H2,1H3,(H2,12,13)/t14-,15-,16-;/m0./s1. The van der Waals surface area contributed by atoms with Crippen LogP contribution in [0, 0.1) is 0 Å². The van der Waals surface area contributed by atoms with E-state index in [4.69, 9.17) is 21.9 Å². The normalized spacial score (nSPS) is 18.2. The number of ether oxygens (including phenoxy) is 1. The SMILES string of the molecule is CC1CCOc2cc(C(N)=O)ccc21.NC(N)=NCCC[C@H](NC(=O)[C@H](Cc1ccccc1)NC(=O)[C@@H]1CCCN1)C(=O)O. The zero-order chi connectivity index (χ0) is 32.1. The highest BCUT2D eigenvalue weighted by atomic mass is 16.5. The van der Waals surface area contributed by atoms with E-state index in [2.05, 4.69) is 27.9 Å². The number of fused-ring (bicyclic) bond motifs is 1. The molecule has 2 aromatic rings. The Kier molecular flexibility index (Phi) is 13.0. The van der Waals surface area contributed by atoms with Crippen LogP contribution >= 0.6 is 0 Å². The monoisotopic (exact) mass is 609 g/mol. The highest BCUT2D eigenvalue weighted by Gasteiger charge is 2.30. The highest BCUT2D eigenvalue weighted by molar-refractivity contribution is 5.93. The van der Waals surface area contributed by atoms with E-state index >= 15 is 0 Å². The lowest BCUT2D eigenvalue weighted by Crippen LogP contribution is -2.55. The van der Waals surface area contributed by atoms with Gasteiger partial charge in [-0.25, -0.2) is 4.79 Å². The van der Waals surface area contributed by atoms with Crippen molar-refractivity contribution in [3.8, 4) is 5.75 Å². The number of nitrogens with zero attached hydrogens (tertiary/aromatic N) is 1. The third-order valence-electron chi connectivity index (χ3n) is 7.49. The first-order chi connectivity index (χ1) is 21.0. The van der Waals surface area contributed by atoms with E-state index in [-0.39, 0.29) is 37.3 Å². The van der Waals surface area contributed by atoms with E-state index < -0.39 is 29.9 Å². The van der Waals surface area contributed by atoms with Gasteiger partial charge < -0.3 is 43.0 Å². The van der Waals surface area contributed by atoms with E-state index in [0.29, 0.717) is 24.3 Å². The molecule has 1 unspecified atom stereocenters. The molecule has 4 atom stereocenters. The third kappa shape index (κ3) is 10.6. The fourth-order valence-corrected chi connectivity index (χ4v) is 4.99. The Morgan fingerprint density at radius 1 is 1.05 bits per heavy atom. The van der Waals surface area contributed by atoms with Crippen molar-refractivity contribution in [2.45, 2.75) is 69.5 Å². The molecule has 0 aromatic heterocycles. The maximum Gasteiger partial charge on any atom is 0.326 e. The fourth-order valence-electron chi connectivity index (χ4n) is 4.99. The molecule has 1 saturated heterocycles. The number of carboxylic acid groups (broad SMARTS) is 1. The molecule has 0 bridgehead atoms. The summed E-state index contributed by atoms with van der Waals surface area (Å²) in [5.41, 5.74) is 18.2. The Hall–Kier alpha value is -4.65. The van der Waals surface area contributed by atoms with Crippen LogP contribution in [0.1, 0.15) is 66.4 Å². The molecule has 13 nitrogen and oxygen atoms in total. The molecule has 10 N–H and O–H groups in total. The molecule has 2 aliphatic rings. The number of aliphatic imine (C=N–C) groups is 1. The molecule has 3 amide bonds. The minimum absolute atomic E-state index is 0.0722. The van der Waals surface area contributed by atoms with Crippen molar-refractivity contribution in [2.75, 3.05) is 19.7 Å². The zero-order valence-corrected chi connectivity index (χ0v) is 25.0. The Bertz CT molecular complexity index is 1310. The van der Waals surface area contributed by atoms with Gasteiger partial charge in [0.1, 0.15) is 17.8 Å². The summed E-state index contributed by atoms with van der Waals surface area (Å²) in [7, 11) is 0. The van der Waals surface area contributed by atoms with Crippen LogP contribution in [0.2, 0.25) is 0 Å². The van der Waals surface area contributed by atoms with Crippen LogP contribution in [0.3, 0.4) is 0 Å². The summed E-state index contributed by atoms with van der Waals surface area (Å²) in [6.07, 6.45) is 3.43. The molecule has 2 aliphatic heterocycles. The number of guanidine groups is 1. The van der Waals surface area contributed by atoms with Crippen LogP contribution in [0.25, 0.3) is 0 Å². The van der Waals surface area contributed by atoms with Gasteiger partial charge in [-0.1, -0.05) is 43.3 Å². The van der Waals surface area contributed by atoms with Gasteiger partial charge in [0.05, 0.1) is 12.6 Å². The number of nitrogens with one attached hydrogen (secondary N) is 3. The van der Waals surface area contributed by atoms with E-state index in [1.165, 1.54) is 5.56 Å². The van der Waals surface area contributed by atoms with Gasteiger partial charge >= 0.3 is 5.97 Å². The van der Waals surface area contributed by atoms with Crippen molar-refractivity contribution >= 4 is 29.7 Å². The van der Waals surface area contributed by atoms with Crippen molar-refractivity contribution in [3.63, 3.8) is 0 Å². The Balaban J connectivity index is 0.000000312. The van der Waals surface area contributed by atoms with E-state index in [9.17, 15) is 24.3 Å². The first kappa shape index (κ1) is 33.8. The number of rotatable bonds is 12. The topological polar surface area (TPSA) is 224 Å². The molecule has 4 rings (SSSR count). The fraction of sp³-hybridized carbons (Fsp3) is 0.452. The summed E-state index contributed by atoms with van der Waals surface area (Å²) in [5.74, 6) is -1.13. The number of carbonyl (C=O) groups excluding carboxylic acids is 3. The number of benzene rings is 2. The Morgan fingerprint density at radius 3 is 2.43 bits per heavy atom. The van der Waals surface area contributed by atoms with E-state index in [1.54, 1.807) is 12.1 Å². The quantitative estimate of drug-likeness (QED) is 0.102. The summed E-state index contributed by atoms with van der Waals surface area (Å²) in [5, 5.41) is 17.9. The summed E-state index contributed by atoms with van der Waals surface area (Å²) < 4.78 is 5.48. The molecule has 0 spiro atoms. The van der Waals surface area contributed by atoms with Gasteiger partial charge in [0.15, 0.2) is 5.96 Å². The van der Waals surface area contributed by atoms with Gasteiger partial charge in [-0.3, -0.25) is 19.4 Å². The molecular weight excluding hydrogens is 566 g/mol. The summed E-state index contributed by atoms with van der Waals surface area (Å²) in [6.45, 7) is 3.89. The molecule has 2 heterocycles. The van der Waals surface area contributed by atoms with E-state index in [0.717, 1.165) is 37.3 Å². The highest BCUT2D eigenvalue weighted by Crippen LogP contribution is 2.33. The van der Waals surface area contributed by atoms with Crippen molar-refractivity contribution in [2.24, 2.45) is 22.2 Å². The zero-order valence-electron chi connectivity index (χ0n) is 25.0. The lowest BCUT2D eigenvalue weighted by Gasteiger charge is -2.23. The van der Waals surface area contributed by atoms with Gasteiger partial charge in [0.25, 0.3) is 0 Å². The van der Waals surface area contributed by atoms with Crippen LogP contribution in [0.15, 0.2) is 53.5 Å². The van der Waals surface area contributed by atoms with Gasteiger partial charge in [0, 0.05) is 18.5 Å². The number of nitrogens with two attached hydrogens (primary N) is 3. The Labute approximate surface area is 257 Å². The predicted octanol–water partition coefficient (Wildman–Crippen LogP) is 0.760. The van der Waals surface area contributed by atoms with Gasteiger partial charge in [-0.2, -0.15) is 0 Å². The number of primary amides is 1. The van der Waals surface area contributed by atoms with Crippen molar-refractivity contribution in [1.29, 1.82) is 0 Å². The minimum atomic E-state index is -1.16. The number of aliphatic carboxylic acids is 1. The third-order valence-corrected chi connectivity index (χ3v) is 7.49. The predicted molar refractivity (Wildman–Crippen MR) is 166 cm³/mol. The maximum absolute atomic E-state index is 12.9. The smallest absolute Gasteiger partial charge is 0.326 e. The second-order valence-corrected chi connectivity index (χ2v) is 10.9. The second kappa shape index (κ2) is 16.8. The molecule has 0 radical (unpaired) electrons. The first-order valence-electron chi connectivity index (χ1n) is 14.8. The molecule has 0 saturated carbocycles. The molecule has 2 aromatic carbocycles. The number of hydrogen-bond donors (Lipinski definition) is 7. The number of hydrogen-bond acceptors (Lipinski definition) is 7. The van der Waals surface area contributed by atoms with Gasteiger partial charge in [-0.15, -0.1) is 0 Å². The van der Waals surface area contributed by atoms with Crippen molar-refractivity contribution in [1.82, 2.24) is 16.0 Å². The molecule has 238 valence electrons. The lowest BCUT2D eigenvalue weighted by atomic mass is 9.94. The number of carboxylic acids is 1. The molecule has 44 heavy (non-hydrogen) atoms. The lowest BCUT2D eigenvalue weighted by molar-refractivity contribution is -0.142. The molecular formula is C31H43N7O6. The first-order valence-corrected chi connectivity index (χ1v) is 14.8. The number of amides is 3. The molecule has 13 heteroatoms. The van der Waals surface area contributed by atoms with Gasteiger partial charge in [-0.05, 0) is 67.8 Å².